The Morgan fingerprint density at radius 3 is 3.00 bits per heavy atom. The standard InChI is InChI=1S/C13H20F2N2S/c1-9-8-18-12(17-9)10(2)16-7-11-4-3-5-13(14,15)6-11/h8,10-11,16H,3-7H2,1-2H3. The highest BCUT2D eigenvalue weighted by molar-refractivity contribution is 7.09. The number of aryl methyl sites for hydroxylation is 1. The Balaban J connectivity index is 1.81. The van der Waals surface area contributed by atoms with Crippen LogP contribution in [0.15, 0.2) is 5.38 Å². The van der Waals surface area contributed by atoms with Gasteiger partial charge in [0.05, 0.1) is 6.04 Å². The molecule has 1 N–H and O–H groups in total. The molecule has 2 rings (SSSR count). The fourth-order valence-electron chi connectivity index (χ4n) is 2.45. The minimum Gasteiger partial charge on any atom is -0.308 e. The predicted octanol–water partition coefficient (Wildman–Crippen LogP) is 3.93. The number of hydrogen-bond donors (Lipinski definition) is 1. The molecule has 1 aliphatic rings. The second-order valence-corrected chi connectivity index (χ2v) is 6.17. The molecule has 0 amide bonds. The first-order valence-corrected chi connectivity index (χ1v) is 7.37. The average molecular weight is 274 g/mol. The van der Waals surface area contributed by atoms with Crippen molar-refractivity contribution in [1.82, 2.24) is 10.3 Å². The van der Waals surface area contributed by atoms with Crippen molar-refractivity contribution >= 4 is 11.3 Å². The third kappa shape index (κ3) is 3.72. The van der Waals surface area contributed by atoms with E-state index < -0.39 is 5.92 Å². The van der Waals surface area contributed by atoms with Crippen LogP contribution in [0.3, 0.4) is 0 Å². The summed E-state index contributed by atoms with van der Waals surface area (Å²) >= 11 is 1.62. The third-order valence-corrected chi connectivity index (χ3v) is 4.61. The number of aromatic nitrogens is 1. The lowest BCUT2D eigenvalue weighted by molar-refractivity contribution is -0.0522. The van der Waals surface area contributed by atoms with Gasteiger partial charge in [0.1, 0.15) is 5.01 Å². The van der Waals surface area contributed by atoms with E-state index in [9.17, 15) is 8.78 Å². The van der Waals surface area contributed by atoms with Crippen molar-refractivity contribution in [3.05, 3.63) is 16.1 Å². The van der Waals surface area contributed by atoms with E-state index in [4.69, 9.17) is 0 Å². The van der Waals surface area contributed by atoms with E-state index in [0.717, 1.165) is 17.1 Å². The Hall–Kier alpha value is -0.550. The minimum absolute atomic E-state index is 0.0314. The van der Waals surface area contributed by atoms with Crippen LogP contribution in [0.5, 0.6) is 0 Å². The van der Waals surface area contributed by atoms with Gasteiger partial charge < -0.3 is 5.32 Å². The Bertz CT molecular complexity index is 392. The summed E-state index contributed by atoms with van der Waals surface area (Å²) in [5, 5.41) is 6.39. The van der Waals surface area contributed by atoms with Crippen molar-refractivity contribution in [3.63, 3.8) is 0 Å². The Morgan fingerprint density at radius 2 is 2.39 bits per heavy atom. The third-order valence-electron chi connectivity index (χ3n) is 3.46. The van der Waals surface area contributed by atoms with Gasteiger partial charge in [0, 0.05) is 23.9 Å². The quantitative estimate of drug-likeness (QED) is 0.900. The molecule has 2 unspecified atom stereocenters. The molecule has 0 aliphatic heterocycles. The minimum atomic E-state index is -2.45. The van der Waals surface area contributed by atoms with Crippen molar-refractivity contribution in [1.29, 1.82) is 0 Å². The molecule has 1 aromatic heterocycles. The molecule has 0 bridgehead atoms. The van der Waals surface area contributed by atoms with Crippen molar-refractivity contribution < 1.29 is 8.78 Å². The molecule has 102 valence electrons. The van der Waals surface area contributed by atoms with E-state index in [2.05, 4.69) is 10.3 Å². The van der Waals surface area contributed by atoms with Crippen molar-refractivity contribution in [2.75, 3.05) is 6.54 Å². The van der Waals surface area contributed by atoms with Crippen LogP contribution in [-0.4, -0.2) is 17.5 Å². The van der Waals surface area contributed by atoms with Gasteiger partial charge in [-0.1, -0.05) is 0 Å². The van der Waals surface area contributed by atoms with Crippen LogP contribution >= 0.6 is 11.3 Å². The molecule has 1 aliphatic carbocycles. The number of alkyl halides is 2. The lowest BCUT2D eigenvalue weighted by atomic mass is 9.86. The molecule has 2 atom stereocenters. The SMILES string of the molecule is Cc1csc(C(C)NCC2CCCC(F)(F)C2)n1. The first-order chi connectivity index (χ1) is 8.46. The van der Waals surface area contributed by atoms with Gasteiger partial charge in [0.15, 0.2) is 0 Å². The van der Waals surface area contributed by atoms with E-state index in [1.54, 1.807) is 11.3 Å². The molecule has 1 fully saturated rings. The van der Waals surface area contributed by atoms with Gasteiger partial charge in [-0.2, -0.15) is 0 Å². The molecule has 2 nitrogen and oxygen atoms in total. The molecule has 0 aromatic carbocycles. The first-order valence-electron chi connectivity index (χ1n) is 6.49. The largest absolute Gasteiger partial charge is 0.308 e. The van der Waals surface area contributed by atoms with Crippen LogP contribution in [0.4, 0.5) is 8.78 Å². The zero-order valence-electron chi connectivity index (χ0n) is 10.9. The van der Waals surface area contributed by atoms with Gasteiger partial charge in [-0.25, -0.2) is 13.8 Å². The van der Waals surface area contributed by atoms with Gasteiger partial charge in [-0.3, -0.25) is 0 Å². The summed E-state index contributed by atoms with van der Waals surface area (Å²) in [5.74, 6) is -2.36. The van der Waals surface area contributed by atoms with Gasteiger partial charge in [0.2, 0.25) is 5.92 Å². The van der Waals surface area contributed by atoms with E-state index in [0.29, 0.717) is 13.0 Å². The molecule has 0 radical (unpaired) electrons. The van der Waals surface area contributed by atoms with Gasteiger partial charge in [-0.15, -0.1) is 11.3 Å². The molecular weight excluding hydrogens is 254 g/mol. The van der Waals surface area contributed by atoms with Crippen molar-refractivity contribution in [3.8, 4) is 0 Å². The van der Waals surface area contributed by atoms with Gasteiger partial charge >= 0.3 is 0 Å². The Kier molecular flexibility index (Phi) is 4.33. The topological polar surface area (TPSA) is 24.9 Å². The fourth-order valence-corrected chi connectivity index (χ4v) is 3.28. The summed E-state index contributed by atoms with van der Waals surface area (Å²) in [6.07, 6.45) is 1.64. The molecule has 18 heavy (non-hydrogen) atoms. The van der Waals surface area contributed by atoms with Crippen LogP contribution in [0.2, 0.25) is 0 Å². The highest BCUT2D eigenvalue weighted by atomic mass is 32.1. The van der Waals surface area contributed by atoms with Crippen molar-refractivity contribution in [2.45, 2.75) is 51.5 Å². The smallest absolute Gasteiger partial charge is 0.248 e. The van der Waals surface area contributed by atoms with E-state index in [1.165, 1.54) is 0 Å². The summed E-state index contributed by atoms with van der Waals surface area (Å²) in [6, 6.07) is 0.152. The maximum absolute atomic E-state index is 13.3. The van der Waals surface area contributed by atoms with Crippen LogP contribution in [0, 0.1) is 12.8 Å². The average Bonchev–Trinajstić information content (AvgIpc) is 2.71. The van der Waals surface area contributed by atoms with E-state index in [1.807, 2.05) is 19.2 Å². The highest BCUT2D eigenvalue weighted by Gasteiger charge is 2.36. The molecule has 1 saturated carbocycles. The number of hydrogen-bond acceptors (Lipinski definition) is 3. The second-order valence-electron chi connectivity index (χ2n) is 5.28. The number of halogens is 2. The maximum atomic E-state index is 13.3. The number of nitrogens with zero attached hydrogens (tertiary/aromatic N) is 1. The summed E-state index contributed by atoms with van der Waals surface area (Å²) in [5.41, 5.74) is 1.02. The molecular formula is C13H20F2N2S. The van der Waals surface area contributed by atoms with Gasteiger partial charge in [0.25, 0.3) is 0 Å². The summed E-state index contributed by atoms with van der Waals surface area (Å²) in [7, 11) is 0. The Labute approximate surface area is 111 Å². The molecule has 1 heterocycles. The fraction of sp³-hybridized carbons (Fsp3) is 0.769. The highest BCUT2D eigenvalue weighted by Crippen LogP contribution is 2.36. The van der Waals surface area contributed by atoms with Crippen LogP contribution in [0.1, 0.15) is 49.4 Å². The molecule has 1 aromatic rings. The predicted molar refractivity (Wildman–Crippen MR) is 70.2 cm³/mol. The normalized spacial score (nSPS) is 25.0. The van der Waals surface area contributed by atoms with Crippen LogP contribution in [0.25, 0.3) is 0 Å². The summed E-state index contributed by atoms with van der Waals surface area (Å²) in [6.45, 7) is 4.67. The monoisotopic (exact) mass is 274 g/mol. The summed E-state index contributed by atoms with van der Waals surface area (Å²) in [4.78, 5) is 4.41. The van der Waals surface area contributed by atoms with E-state index >= 15 is 0 Å². The van der Waals surface area contributed by atoms with Gasteiger partial charge in [-0.05, 0) is 39.2 Å². The zero-order chi connectivity index (χ0) is 13.2. The summed E-state index contributed by atoms with van der Waals surface area (Å²) < 4.78 is 26.5. The van der Waals surface area contributed by atoms with Crippen LogP contribution < -0.4 is 5.32 Å². The second kappa shape index (κ2) is 5.61. The van der Waals surface area contributed by atoms with E-state index in [-0.39, 0.29) is 24.8 Å². The molecule has 0 spiro atoms. The molecule has 5 heteroatoms. The first kappa shape index (κ1) is 13.9. The van der Waals surface area contributed by atoms with Crippen molar-refractivity contribution in [2.24, 2.45) is 5.92 Å². The molecule has 0 saturated heterocycles. The number of nitrogens with one attached hydrogen (secondary N) is 1. The lowest BCUT2D eigenvalue weighted by Gasteiger charge is -2.29. The maximum Gasteiger partial charge on any atom is 0.248 e. The number of thiazole rings is 1. The number of rotatable bonds is 4. The lowest BCUT2D eigenvalue weighted by Crippen LogP contribution is -2.33. The zero-order valence-corrected chi connectivity index (χ0v) is 11.7. The van der Waals surface area contributed by atoms with Crippen LogP contribution in [-0.2, 0) is 0 Å². The Morgan fingerprint density at radius 1 is 1.61 bits per heavy atom.